The summed E-state index contributed by atoms with van der Waals surface area (Å²) in [7, 11) is 0. The third-order valence-electron chi connectivity index (χ3n) is 7.86. The van der Waals surface area contributed by atoms with Gasteiger partial charge in [0.25, 0.3) is 0 Å². The second kappa shape index (κ2) is 10.8. The fourth-order valence-corrected chi connectivity index (χ4v) is 5.17. The fraction of sp³-hybridized carbons (Fsp3) is 0.531. The van der Waals surface area contributed by atoms with E-state index in [0.717, 1.165) is 5.57 Å². The average Bonchev–Trinajstić information content (AvgIpc) is 2.86. The number of phenolic OH excluding ortho intramolecular Hbond substituents is 2. The maximum Gasteiger partial charge on any atom is 0.172 e. The molecule has 1 aliphatic heterocycles. The highest BCUT2D eigenvalue weighted by Crippen LogP contribution is 2.50. The number of aromatic hydroxyl groups is 2. The van der Waals surface area contributed by atoms with E-state index in [2.05, 4.69) is 0 Å². The Morgan fingerprint density at radius 3 is 2.10 bits per heavy atom. The van der Waals surface area contributed by atoms with Gasteiger partial charge in [0, 0.05) is 23.8 Å². The van der Waals surface area contributed by atoms with E-state index < -0.39 is 81.5 Å². The molecule has 1 aromatic rings. The van der Waals surface area contributed by atoms with Gasteiger partial charge in [-0.2, -0.15) is 0 Å². The van der Waals surface area contributed by atoms with Crippen molar-refractivity contribution in [3.63, 3.8) is 0 Å². The van der Waals surface area contributed by atoms with Crippen LogP contribution in [0.25, 0.3) is 6.08 Å². The molecule has 8 heteroatoms. The second-order valence-electron chi connectivity index (χ2n) is 12.5. The monoisotopic (exact) mass is 552 g/mol. The molecule has 1 heterocycles. The standard InChI is InChI=1S/C32H40O8/c1-15(2)10-12-32(9)13-11-18-25(35)19(26(36)21(28(18)40-32)23(33)16(3)4)14-20-27(37)22(24(34)17(5)6)30(39)31(7,8)29(20)38/h10-11,13,16-17,20,22,35-36H,12,14H2,1-9H3/t20-,22-,32-/m0/s1. The van der Waals surface area contributed by atoms with Crippen molar-refractivity contribution in [2.75, 3.05) is 0 Å². The quantitative estimate of drug-likeness (QED) is 0.255. The van der Waals surface area contributed by atoms with Crippen molar-refractivity contribution >= 4 is 35.0 Å². The molecule has 40 heavy (non-hydrogen) atoms. The summed E-state index contributed by atoms with van der Waals surface area (Å²) in [6, 6.07) is 0. The van der Waals surface area contributed by atoms with Gasteiger partial charge in [-0.05, 0) is 53.2 Å². The SMILES string of the molecule is CC(C)=CC[C@@]1(C)C=Cc2c(O)c(C[C@H]3C(=O)[C@H](C(=O)C(C)C)C(=O)C(C)(C)C3=O)c(O)c(C(=O)C(C)C)c2O1. The number of ketones is 5. The molecule has 0 amide bonds. The molecule has 3 rings (SSSR count). The number of hydrogen-bond donors (Lipinski definition) is 2. The molecule has 1 aromatic carbocycles. The van der Waals surface area contributed by atoms with E-state index in [9.17, 15) is 34.2 Å². The molecule has 0 radical (unpaired) electrons. The molecule has 1 fully saturated rings. The number of hydrogen-bond acceptors (Lipinski definition) is 8. The van der Waals surface area contributed by atoms with E-state index >= 15 is 0 Å². The van der Waals surface area contributed by atoms with Gasteiger partial charge in [0.2, 0.25) is 0 Å². The number of carbonyl (C=O) groups excluding carboxylic acids is 5. The average molecular weight is 553 g/mol. The Kier molecular flexibility index (Phi) is 8.36. The van der Waals surface area contributed by atoms with Gasteiger partial charge in [0.15, 0.2) is 28.9 Å². The van der Waals surface area contributed by atoms with Crippen LogP contribution in [-0.2, 0) is 25.6 Å². The predicted molar refractivity (Wildman–Crippen MR) is 150 cm³/mol. The minimum absolute atomic E-state index is 0.0225. The molecule has 0 saturated heterocycles. The Bertz CT molecular complexity index is 1350. The topological polar surface area (TPSA) is 135 Å². The van der Waals surface area contributed by atoms with E-state index in [-0.39, 0.29) is 22.4 Å². The first-order valence-corrected chi connectivity index (χ1v) is 13.7. The molecule has 0 spiro atoms. The van der Waals surface area contributed by atoms with Gasteiger partial charge >= 0.3 is 0 Å². The lowest BCUT2D eigenvalue weighted by molar-refractivity contribution is -0.157. The smallest absolute Gasteiger partial charge is 0.172 e. The van der Waals surface area contributed by atoms with Crippen molar-refractivity contribution in [3.8, 4) is 17.2 Å². The number of allylic oxidation sites excluding steroid dienone is 1. The van der Waals surface area contributed by atoms with Crippen molar-refractivity contribution in [1.29, 1.82) is 0 Å². The van der Waals surface area contributed by atoms with Crippen LogP contribution in [0.5, 0.6) is 17.2 Å². The highest BCUT2D eigenvalue weighted by Gasteiger charge is 2.56. The van der Waals surface area contributed by atoms with Crippen molar-refractivity contribution in [2.24, 2.45) is 29.1 Å². The number of rotatable bonds is 8. The zero-order valence-corrected chi connectivity index (χ0v) is 24.8. The molecule has 8 nitrogen and oxygen atoms in total. The number of carbonyl (C=O) groups is 5. The van der Waals surface area contributed by atoms with Crippen LogP contribution in [0.4, 0.5) is 0 Å². The zero-order valence-electron chi connectivity index (χ0n) is 24.8. The number of phenols is 2. The Morgan fingerprint density at radius 1 is 0.975 bits per heavy atom. The van der Waals surface area contributed by atoms with Crippen LogP contribution < -0.4 is 4.74 Å². The van der Waals surface area contributed by atoms with E-state index in [0.29, 0.717) is 6.42 Å². The molecule has 1 saturated carbocycles. The molecular weight excluding hydrogens is 512 g/mol. The normalized spacial score (nSPS) is 23.7. The van der Waals surface area contributed by atoms with Crippen LogP contribution in [0.15, 0.2) is 17.7 Å². The fourth-order valence-electron chi connectivity index (χ4n) is 5.17. The highest BCUT2D eigenvalue weighted by molar-refractivity contribution is 6.33. The Morgan fingerprint density at radius 2 is 1.57 bits per heavy atom. The van der Waals surface area contributed by atoms with Crippen molar-refractivity contribution in [2.45, 2.75) is 80.8 Å². The first kappa shape index (κ1) is 31.0. The second-order valence-corrected chi connectivity index (χ2v) is 12.5. The summed E-state index contributed by atoms with van der Waals surface area (Å²) in [5.41, 5.74) is -1.60. The molecule has 2 N–H and O–H groups in total. The molecule has 2 aliphatic rings. The molecule has 1 aliphatic carbocycles. The molecule has 0 aromatic heterocycles. The maximum absolute atomic E-state index is 13.5. The van der Waals surface area contributed by atoms with Gasteiger partial charge < -0.3 is 14.9 Å². The van der Waals surface area contributed by atoms with Crippen LogP contribution in [-0.4, -0.2) is 44.7 Å². The predicted octanol–water partition coefficient (Wildman–Crippen LogP) is 5.20. The molecule has 216 valence electrons. The number of Topliss-reactive ketones (excluding diaryl/α,β-unsaturated/α-hetero) is 5. The molecule has 0 bridgehead atoms. The third-order valence-corrected chi connectivity index (χ3v) is 7.86. The van der Waals surface area contributed by atoms with Gasteiger partial charge in [0.05, 0.1) is 16.9 Å². The minimum atomic E-state index is -1.63. The van der Waals surface area contributed by atoms with Crippen LogP contribution in [0.2, 0.25) is 0 Å². The lowest BCUT2D eigenvalue weighted by atomic mass is 9.61. The minimum Gasteiger partial charge on any atom is -0.507 e. The number of fused-ring (bicyclic) bond motifs is 1. The summed E-state index contributed by atoms with van der Waals surface area (Å²) in [5.74, 6) is -8.60. The lowest BCUT2D eigenvalue weighted by Gasteiger charge is -2.37. The van der Waals surface area contributed by atoms with E-state index in [1.54, 1.807) is 39.8 Å². The van der Waals surface area contributed by atoms with Crippen LogP contribution in [0, 0.1) is 29.1 Å². The van der Waals surface area contributed by atoms with Crippen molar-refractivity contribution < 1.29 is 38.9 Å². The van der Waals surface area contributed by atoms with E-state index in [1.165, 1.54) is 13.8 Å². The maximum atomic E-state index is 13.5. The number of benzene rings is 1. The lowest BCUT2D eigenvalue weighted by Crippen LogP contribution is -2.56. The summed E-state index contributed by atoms with van der Waals surface area (Å²) in [4.78, 5) is 66.3. The zero-order chi connectivity index (χ0) is 30.5. The summed E-state index contributed by atoms with van der Waals surface area (Å²) >= 11 is 0. The van der Waals surface area contributed by atoms with Crippen LogP contribution in [0.1, 0.15) is 90.2 Å². The van der Waals surface area contributed by atoms with Crippen LogP contribution >= 0.6 is 0 Å². The van der Waals surface area contributed by atoms with Gasteiger partial charge in [-0.25, -0.2) is 0 Å². The third kappa shape index (κ3) is 5.28. The molecular formula is C32H40O8. The summed E-state index contributed by atoms with van der Waals surface area (Å²) in [5, 5.41) is 22.8. The van der Waals surface area contributed by atoms with Crippen LogP contribution in [0.3, 0.4) is 0 Å². The van der Waals surface area contributed by atoms with Crippen molar-refractivity contribution in [3.05, 3.63) is 34.4 Å². The molecule has 0 unspecified atom stereocenters. The largest absolute Gasteiger partial charge is 0.507 e. The van der Waals surface area contributed by atoms with Gasteiger partial charge in [-0.15, -0.1) is 0 Å². The Hall–Kier alpha value is -3.55. The highest BCUT2D eigenvalue weighted by atomic mass is 16.5. The first-order valence-electron chi connectivity index (χ1n) is 13.7. The van der Waals surface area contributed by atoms with E-state index in [4.69, 9.17) is 4.74 Å². The first-order chi connectivity index (χ1) is 18.4. The number of ether oxygens (including phenoxy) is 1. The van der Waals surface area contributed by atoms with Gasteiger partial charge in [-0.3, -0.25) is 24.0 Å². The summed E-state index contributed by atoms with van der Waals surface area (Å²) in [6.07, 6.45) is 5.32. The van der Waals surface area contributed by atoms with Gasteiger partial charge in [0.1, 0.15) is 34.3 Å². The van der Waals surface area contributed by atoms with E-state index in [1.807, 2.05) is 26.8 Å². The van der Waals surface area contributed by atoms with Crippen molar-refractivity contribution in [1.82, 2.24) is 0 Å². The molecule has 3 atom stereocenters. The Labute approximate surface area is 235 Å². The van der Waals surface area contributed by atoms with Gasteiger partial charge in [-0.1, -0.05) is 39.3 Å². The Balaban J connectivity index is 2.21. The summed E-state index contributed by atoms with van der Waals surface area (Å²) < 4.78 is 6.25. The summed E-state index contributed by atoms with van der Waals surface area (Å²) in [6.45, 7) is 14.9.